The Morgan fingerprint density at radius 1 is 1.12 bits per heavy atom. The lowest BCUT2D eigenvalue weighted by atomic mass is 9.81. The average molecular weight is 480 g/mol. The van der Waals surface area contributed by atoms with Gasteiger partial charge in [-0.2, -0.15) is 0 Å². The summed E-state index contributed by atoms with van der Waals surface area (Å²) in [6, 6.07) is 15.3. The van der Waals surface area contributed by atoms with Crippen molar-refractivity contribution in [2.45, 2.75) is 43.0 Å². The van der Waals surface area contributed by atoms with Gasteiger partial charge >= 0.3 is 0 Å². The van der Waals surface area contributed by atoms with Gasteiger partial charge in [0.15, 0.2) is 4.34 Å². The summed E-state index contributed by atoms with van der Waals surface area (Å²) in [7, 11) is 0. The molecule has 0 bridgehead atoms. The predicted octanol–water partition coefficient (Wildman–Crippen LogP) is 4.95. The summed E-state index contributed by atoms with van der Waals surface area (Å²) in [5.41, 5.74) is 2.50. The van der Waals surface area contributed by atoms with Gasteiger partial charge in [-0.3, -0.25) is 19.3 Å². The van der Waals surface area contributed by atoms with Gasteiger partial charge in [0, 0.05) is 0 Å². The van der Waals surface area contributed by atoms with E-state index in [0.717, 1.165) is 45.8 Å². The minimum atomic E-state index is -0.161. The van der Waals surface area contributed by atoms with Crippen LogP contribution in [0.4, 0.5) is 5.69 Å². The first-order valence-corrected chi connectivity index (χ1v) is 13.1. The highest BCUT2D eigenvalue weighted by atomic mass is 32.2. The molecule has 3 amide bonds. The lowest BCUT2D eigenvalue weighted by molar-refractivity contribution is -0.122. The zero-order valence-electron chi connectivity index (χ0n) is 18.3. The number of imide groups is 1. The minimum Gasteiger partial charge on any atom is -0.349 e. The number of carbonyl (C=O) groups is 3. The van der Waals surface area contributed by atoms with E-state index >= 15 is 0 Å². The van der Waals surface area contributed by atoms with Gasteiger partial charge in [0.2, 0.25) is 17.7 Å². The minimum absolute atomic E-state index is 0.0489. The predicted molar refractivity (Wildman–Crippen MR) is 131 cm³/mol. The van der Waals surface area contributed by atoms with E-state index in [1.807, 2.05) is 49.4 Å². The van der Waals surface area contributed by atoms with Crippen LogP contribution in [0.5, 0.6) is 0 Å². The molecule has 0 radical (unpaired) electrons. The topological polar surface area (TPSA) is 79.4 Å². The Morgan fingerprint density at radius 2 is 1.82 bits per heavy atom. The highest BCUT2D eigenvalue weighted by Crippen LogP contribution is 2.41. The van der Waals surface area contributed by atoms with Crippen LogP contribution < -0.4 is 10.2 Å². The molecule has 1 saturated heterocycles. The third-order valence-electron chi connectivity index (χ3n) is 6.46. The van der Waals surface area contributed by atoms with Crippen molar-refractivity contribution in [3.63, 3.8) is 0 Å². The van der Waals surface area contributed by atoms with Gasteiger partial charge in [0.25, 0.3) is 0 Å². The zero-order valence-corrected chi connectivity index (χ0v) is 20.0. The molecular formula is C25H25N3O3S2. The molecule has 33 heavy (non-hydrogen) atoms. The Kier molecular flexibility index (Phi) is 6.21. The smallest absolute Gasteiger partial charge is 0.237 e. The maximum atomic E-state index is 12.9. The van der Waals surface area contributed by atoms with E-state index in [0.29, 0.717) is 5.69 Å². The van der Waals surface area contributed by atoms with E-state index in [-0.39, 0.29) is 41.4 Å². The third-order valence-corrected chi connectivity index (χ3v) is 8.62. The number of rotatable bonds is 6. The zero-order chi connectivity index (χ0) is 22.9. The number of thiazole rings is 1. The number of hydrogen-bond acceptors (Lipinski definition) is 6. The number of nitrogens with one attached hydrogen (secondary N) is 1. The Labute approximate surface area is 200 Å². The van der Waals surface area contributed by atoms with Crippen molar-refractivity contribution in [3.05, 3.63) is 54.1 Å². The second-order valence-electron chi connectivity index (χ2n) is 8.63. The van der Waals surface area contributed by atoms with Crippen molar-refractivity contribution in [3.8, 4) is 0 Å². The molecule has 0 spiro atoms. The largest absolute Gasteiger partial charge is 0.349 e. The van der Waals surface area contributed by atoms with E-state index in [2.05, 4.69) is 10.3 Å². The molecule has 1 aliphatic carbocycles. The highest BCUT2D eigenvalue weighted by molar-refractivity contribution is 8.01. The molecule has 1 saturated carbocycles. The lowest BCUT2D eigenvalue weighted by Crippen LogP contribution is -2.30. The molecule has 1 aliphatic heterocycles. The number of aromatic nitrogens is 1. The molecule has 2 aromatic carbocycles. The number of nitrogens with zero attached hydrogens (tertiary/aromatic N) is 2. The van der Waals surface area contributed by atoms with Crippen LogP contribution in [0.25, 0.3) is 10.2 Å². The molecule has 170 valence electrons. The number of anilines is 1. The highest BCUT2D eigenvalue weighted by Gasteiger charge is 2.48. The number of hydrogen-bond donors (Lipinski definition) is 1. The summed E-state index contributed by atoms with van der Waals surface area (Å²) >= 11 is 2.87. The number of benzene rings is 2. The Bertz CT molecular complexity index is 1190. The molecule has 0 unspecified atom stereocenters. The molecule has 6 nitrogen and oxygen atoms in total. The third kappa shape index (κ3) is 4.42. The van der Waals surface area contributed by atoms with Gasteiger partial charge in [-0.05, 0) is 43.5 Å². The molecular weight excluding hydrogens is 454 g/mol. The van der Waals surface area contributed by atoms with Crippen LogP contribution in [-0.2, 0) is 14.4 Å². The first kappa shape index (κ1) is 22.1. The van der Waals surface area contributed by atoms with E-state index in [1.54, 1.807) is 6.07 Å². The van der Waals surface area contributed by atoms with E-state index in [1.165, 1.54) is 28.0 Å². The molecule has 1 aromatic heterocycles. The van der Waals surface area contributed by atoms with Gasteiger partial charge in [-0.15, -0.1) is 11.3 Å². The number of amides is 3. The summed E-state index contributed by atoms with van der Waals surface area (Å²) in [5.74, 6) is -0.222. The van der Waals surface area contributed by atoms with Gasteiger partial charge in [0.05, 0.1) is 39.5 Å². The van der Waals surface area contributed by atoms with E-state index < -0.39 is 0 Å². The normalized spacial score (nSPS) is 21.3. The summed E-state index contributed by atoms with van der Waals surface area (Å²) in [5, 5.41) is 3.02. The molecule has 2 fully saturated rings. The maximum absolute atomic E-state index is 12.9. The number of thioether (sulfide) groups is 1. The van der Waals surface area contributed by atoms with Crippen molar-refractivity contribution in [2.75, 3.05) is 10.7 Å². The molecule has 5 rings (SSSR count). The fraction of sp³-hybridized carbons (Fsp3) is 0.360. The molecule has 3 aromatic rings. The van der Waals surface area contributed by atoms with Crippen molar-refractivity contribution in [1.82, 2.24) is 10.3 Å². The lowest BCUT2D eigenvalue weighted by Gasteiger charge is -2.19. The number of fused-ring (bicyclic) bond motifs is 2. The van der Waals surface area contributed by atoms with Crippen molar-refractivity contribution < 1.29 is 14.4 Å². The van der Waals surface area contributed by atoms with Gasteiger partial charge < -0.3 is 5.32 Å². The fourth-order valence-corrected chi connectivity index (χ4v) is 6.66. The first-order chi connectivity index (χ1) is 16.0. The van der Waals surface area contributed by atoms with Crippen LogP contribution in [0.1, 0.15) is 44.2 Å². The molecule has 8 heteroatoms. The fourth-order valence-electron chi connectivity index (χ4n) is 4.75. The molecule has 1 N–H and O–H groups in total. The Balaban J connectivity index is 1.25. The second-order valence-corrected chi connectivity index (χ2v) is 10.9. The molecule has 3 atom stereocenters. The van der Waals surface area contributed by atoms with Crippen LogP contribution in [0.15, 0.2) is 52.9 Å². The second kappa shape index (κ2) is 9.27. The van der Waals surface area contributed by atoms with Gasteiger partial charge in [-0.25, -0.2) is 4.98 Å². The Hall–Kier alpha value is -2.71. The van der Waals surface area contributed by atoms with Crippen LogP contribution in [0, 0.1) is 11.8 Å². The summed E-state index contributed by atoms with van der Waals surface area (Å²) in [4.78, 5) is 44.2. The standard InChI is InChI=1S/C25H25N3O3S2/c1-15(16-7-3-2-4-8-16)26-22(29)14-32-25-27-20-12-11-17(13-21(20)33-25)28-23(30)18-9-5-6-10-19(18)24(28)31/h2-4,7-8,11-13,15,18-19H,5-6,9-10,14H2,1H3,(H,26,29)/t15-,18-,19-/m0/s1. The van der Waals surface area contributed by atoms with Crippen molar-refractivity contribution >= 4 is 56.7 Å². The average Bonchev–Trinajstić information content (AvgIpc) is 3.36. The first-order valence-electron chi connectivity index (χ1n) is 11.3. The summed E-state index contributed by atoms with van der Waals surface area (Å²) in [6.07, 6.45) is 3.64. The van der Waals surface area contributed by atoms with Gasteiger partial charge in [-0.1, -0.05) is 54.9 Å². The van der Waals surface area contributed by atoms with Crippen LogP contribution in [0.3, 0.4) is 0 Å². The van der Waals surface area contributed by atoms with Crippen LogP contribution >= 0.6 is 23.1 Å². The molecule has 2 heterocycles. The van der Waals surface area contributed by atoms with Crippen LogP contribution in [-0.4, -0.2) is 28.5 Å². The number of carbonyl (C=O) groups excluding carboxylic acids is 3. The van der Waals surface area contributed by atoms with Gasteiger partial charge in [0.1, 0.15) is 0 Å². The van der Waals surface area contributed by atoms with E-state index in [4.69, 9.17) is 0 Å². The van der Waals surface area contributed by atoms with Crippen molar-refractivity contribution in [1.29, 1.82) is 0 Å². The van der Waals surface area contributed by atoms with Crippen LogP contribution in [0.2, 0.25) is 0 Å². The summed E-state index contributed by atoms with van der Waals surface area (Å²) in [6.45, 7) is 1.97. The SMILES string of the molecule is C[C@H](NC(=O)CSc1nc2ccc(N3C(=O)[C@H]4CCCC[C@@H]4C3=O)cc2s1)c1ccccc1. The quantitative estimate of drug-likeness (QED) is 0.400. The van der Waals surface area contributed by atoms with Crippen molar-refractivity contribution in [2.24, 2.45) is 11.8 Å². The molecule has 2 aliphatic rings. The monoisotopic (exact) mass is 479 g/mol. The Morgan fingerprint density at radius 3 is 2.52 bits per heavy atom. The van der Waals surface area contributed by atoms with E-state index in [9.17, 15) is 14.4 Å². The summed E-state index contributed by atoms with van der Waals surface area (Å²) < 4.78 is 1.70. The maximum Gasteiger partial charge on any atom is 0.237 e.